The van der Waals surface area contributed by atoms with Gasteiger partial charge >= 0.3 is 0 Å². The maximum absolute atomic E-state index is 6.08. The first-order valence-electron chi connectivity index (χ1n) is 8.26. The van der Waals surface area contributed by atoms with Crippen LogP contribution < -0.4 is 11.1 Å². The minimum atomic E-state index is 0.208. The lowest BCUT2D eigenvalue weighted by molar-refractivity contribution is 0.0845. The predicted molar refractivity (Wildman–Crippen MR) is 85.9 cm³/mol. The second-order valence-corrected chi connectivity index (χ2v) is 7.15. The molecular weight excluding hydrogens is 248 g/mol. The molecule has 2 aliphatic carbocycles. The zero-order valence-electron chi connectivity index (χ0n) is 13.5. The lowest BCUT2D eigenvalue weighted by atomic mass is 9.75. The first-order chi connectivity index (χ1) is 9.52. The van der Waals surface area contributed by atoms with Gasteiger partial charge in [0.2, 0.25) is 0 Å². The molecule has 3 N–H and O–H groups in total. The summed E-state index contributed by atoms with van der Waals surface area (Å²) >= 11 is 0. The van der Waals surface area contributed by atoms with Crippen LogP contribution in [0.25, 0.3) is 0 Å². The summed E-state index contributed by atoms with van der Waals surface area (Å²) < 4.78 is 0. The largest absolute Gasteiger partial charge is 0.370 e. The summed E-state index contributed by atoms with van der Waals surface area (Å²) in [5, 5.41) is 3.40. The molecule has 2 saturated carbocycles. The monoisotopic (exact) mass is 280 g/mol. The third kappa shape index (κ3) is 3.87. The summed E-state index contributed by atoms with van der Waals surface area (Å²) in [6.45, 7) is 3.19. The number of nitrogens with one attached hydrogen (secondary N) is 1. The average Bonchev–Trinajstić information content (AvgIpc) is 2.89. The quantitative estimate of drug-likeness (QED) is 0.614. The van der Waals surface area contributed by atoms with E-state index in [0.717, 1.165) is 12.5 Å². The fraction of sp³-hybridized carbons (Fsp3) is 0.938. The Kier molecular flexibility index (Phi) is 5.30. The van der Waals surface area contributed by atoms with Gasteiger partial charge in [-0.3, -0.25) is 4.99 Å². The smallest absolute Gasteiger partial charge is 0.188 e. The minimum absolute atomic E-state index is 0.208. The fourth-order valence-corrected chi connectivity index (χ4v) is 3.88. The molecule has 20 heavy (non-hydrogen) atoms. The number of rotatable bonds is 4. The van der Waals surface area contributed by atoms with E-state index in [0.29, 0.717) is 12.0 Å². The van der Waals surface area contributed by atoms with Gasteiger partial charge in [-0.25, -0.2) is 0 Å². The van der Waals surface area contributed by atoms with Gasteiger partial charge in [-0.2, -0.15) is 0 Å². The van der Waals surface area contributed by atoms with E-state index in [-0.39, 0.29) is 5.54 Å². The number of nitrogens with zero attached hydrogens (tertiary/aromatic N) is 2. The van der Waals surface area contributed by atoms with E-state index in [4.69, 9.17) is 5.73 Å². The molecule has 0 saturated heterocycles. The molecule has 0 aromatic carbocycles. The van der Waals surface area contributed by atoms with Crippen LogP contribution >= 0.6 is 0 Å². The van der Waals surface area contributed by atoms with Crippen LogP contribution in [0.5, 0.6) is 0 Å². The molecule has 0 aromatic rings. The van der Waals surface area contributed by atoms with E-state index in [1.807, 2.05) is 0 Å². The number of aliphatic imine (C=N–C) groups is 1. The van der Waals surface area contributed by atoms with Crippen molar-refractivity contribution < 1.29 is 0 Å². The summed E-state index contributed by atoms with van der Waals surface area (Å²) in [6.07, 6.45) is 10.3. The Labute approximate surface area is 124 Å². The number of hydrogen-bond acceptors (Lipinski definition) is 2. The van der Waals surface area contributed by atoms with Gasteiger partial charge < -0.3 is 16.0 Å². The highest BCUT2D eigenvalue weighted by Crippen LogP contribution is 2.35. The van der Waals surface area contributed by atoms with E-state index in [1.165, 1.54) is 51.4 Å². The molecule has 0 aliphatic heterocycles. The molecule has 116 valence electrons. The normalized spacial score (nSPS) is 32.8. The fourth-order valence-electron chi connectivity index (χ4n) is 3.88. The summed E-state index contributed by atoms with van der Waals surface area (Å²) in [7, 11) is 4.38. The van der Waals surface area contributed by atoms with Gasteiger partial charge in [0, 0.05) is 11.6 Å². The van der Waals surface area contributed by atoms with E-state index in [9.17, 15) is 0 Å². The van der Waals surface area contributed by atoms with Crippen molar-refractivity contribution in [1.29, 1.82) is 0 Å². The lowest BCUT2D eigenvalue weighted by Crippen LogP contribution is -2.51. The molecule has 2 unspecified atom stereocenters. The molecule has 0 aromatic heterocycles. The summed E-state index contributed by atoms with van der Waals surface area (Å²) in [4.78, 5) is 7.05. The Hall–Kier alpha value is -0.770. The van der Waals surface area contributed by atoms with E-state index >= 15 is 0 Å². The highest BCUT2D eigenvalue weighted by molar-refractivity contribution is 5.78. The summed E-state index contributed by atoms with van der Waals surface area (Å²) in [6, 6.07) is 0.555. The SMILES string of the molecule is CC1CCCC(CN=C(N)NC2CCCC2)(N(C)C)C1. The average molecular weight is 280 g/mol. The van der Waals surface area contributed by atoms with Crippen molar-refractivity contribution >= 4 is 5.96 Å². The Morgan fingerprint density at radius 2 is 1.95 bits per heavy atom. The maximum atomic E-state index is 6.08. The predicted octanol–water partition coefficient (Wildman–Crippen LogP) is 2.34. The zero-order valence-corrected chi connectivity index (χ0v) is 13.5. The van der Waals surface area contributed by atoms with Gasteiger partial charge in [-0.05, 0) is 45.7 Å². The number of hydrogen-bond donors (Lipinski definition) is 2. The second kappa shape index (κ2) is 6.79. The molecule has 0 heterocycles. The van der Waals surface area contributed by atoms with Crippen LogP contribution in [0.3, 0.4) is 0 Å². The topological polar surface area (TPSA) is 53.6 Å². The van der Waals surface area contributed by atoms with E-state index in [1.54, 1.807) is 0 Å². The van der Waals surface area contributed by atoms with Crippen LogP contribution in [0.4, 0.5) is 0 Å². The van der Waals surface area contributed by atoms with Crippen LogP contribution in [0, 0.1) is 5.92 Å². The standard InChI is InChI=1S/C16H32N4/c1-13-7-6-10-16(11-13,20(2)3)12-18-15(17)19-14-8-4-5-9-14/h13-14H,4-12H2,1-3H3,(H3,17,18,19). The van der Waals surface area contributed by atoms with Crippen LogP contribution in [0.15, 0.2) is 4.99 Å². The van der Waals surface area contributed by atoms with E-state index < -0.39 is 0 Å². The van der Waals surface area contributed by atoms with Crippen LogP contribution in [0.1, 0.15) is 58.3 Å². The molecule has 2 fully saturated rings. The van der Waals surface area contributed by atoms with Crippen molar-refractivity contribution in [2.45, 2.75) is 69.9 Å². The summed E-state index contributed by atoms with van der Waals surface area (Å²) in [5.41, 5.74) is 6.29. The van der Waals surface area contributed by atoms with Crippen LogP contribution in [-0.4, -0.2) is 43.1 Å². The molecule has 2 atom stereocenters. The van der Waals surface area contributed by atoms with Crippen molar-refractivity contribution in [3.05, 3.63) is 0 Å². The van der Waals surface area contributed by atoms with Gasteiger partial charge in [0.05, 0.1) is 6.54 Å². The number of nitrogens with two attached hydrogens (primary N) is 1. The molecule has 0 bridgehead atoms. The first-order valence-corrected chi connectivity index (χ1v) is 8.26. The van der Waals surface area contributed by atoms with Crippen molar-refractivity contribution in [2.75, 3.05) is 20.6 Å². The lowest BCUT2D eigenvalue weighted by Gasteiger charge is -2.44. The molecule has 4 nitrogen and oxygen atoms in total. The van der Waals surface area contributed by atoms with Crippen molar-refractivity contribution in [3.8, 4) is 0 Å². The Morgan fingerprint density at radius 3 is 2.55 bits per heavy atom. The highest BCUT2D eigenvalue weighted by Gasteiger charge is 2.36. The number of guanidine groups is 1. The van der Waals surface area contributed by atoms with Crippen LogP contribution in [0.2, 0.25) is 0 Å². The van der Waals surface area contributed by atoms with Gasteiger partial charge in [0.15, 0.2) is 5.96 Å². The van der Waals surface area contributed by atoms with Gasteiger partial charge in [0.1, 0.15) is 0 Å². The minimum Gasteiger partial charge on any atom is -0.370 e. The third-order valence-electron chi connectivity index (χ3n) is 5.27. The van der Waals surface area contributed by atoms with Gasteiger partial charge in [0.25, 0.3) is 0 Å². The molecule has 0 amide bonds. The maximum Gasteiger partial charge on any atom is 0.188 e. The van der Waals surface area contributed by atoms with Crippen LogP contribution in [-0.2, 0) is 0 Å². The molecule has 2 rings (SSSR count). The van der Waals surface area contributed by atoms with Gasteiger partial charge in [-0.1, -0.05) is 32.6 Å². The molecule has 2 aliphatic rings. The number of likely N-dealkylation sites (N-methyl/N-ethyl adjacent to an activating group) is 1. The molecule has 0 radical (unpaired) electrons. The Bertz CT molecular complexity index is 333. The van der Waals surface area contributed by atoms with E-state index in [2.05, 4.69) is 36.2 Å². The highest BCUT2D eigenvalue weighted by atomic mass is 15.2. The molecule has 4 heteroatoms. The van der Waals surface area contributed by atoms with Crippen molar-refractivity contribution in [1.82, 2.24) is 10.2 Å². The zero-order chi connectivity index (χ0) is 14.6. The third-order valence-corrected chi connectivity index (χ3v) is 5.27. The van der Waals surface area contributed by atoms with Crippen molar-refractivity contribution in [3.63, 3.8) is 0 Å². The van der Waals surface area contributed by atoms with Crippen molar-refractivity contribution in [2.24, 2.45) is 16.6 Å². The second-order valence-electron chi connectivity index (χ2n) is 7.15. The molecular formula is C16H32N4. The Morgan fingerprint density at radius 1 is 1.25 bits per heavy atom. The summed E-state index contributed by atoms with van der Waals surface area (Å²) in [5.74, 6) is 1.45. The first kappa shape index (κ1) is 15.6. The molecule has 0 spiro atoms. The van der Waals surface area contributed by atoms with Gasteiger partial charge in [-0.15, -0.1) is 0 Å². The Balaban J connectivity index is 1.93.